The first-order valence-corrected chi connectivity index (χ1v) is 38.8. The third-order valence-corrected chi connectivity index (χ3v) is 19.1. The summed E-state index contributed by atoms with van der Waals surface area (Å²) < 4.78 is 218. The van der Waals surface area contributed by atoms with Crippen LogP contribution in [0.2, 0.25) is 0 Å². The van der Waals surface area contributed by atoms with Crippen molar-refractivity contribution in [2.45, 2.75) is 157 Å². The fourth-order valence-corrected chi connectivity index (χ4v) is 11.3. The minimum absolute atomic E-state index is 0.0218. The summed E-state index contributed by atoms with van der Waals surface area (Å²) in [6.45, 7) is 11.5. The molecule has 0 aliphatic heterocycles. The van der Waals surface area contributed by atoms with Crippen LogP contribution in [0.5, 0.6) is 0 Å². The van der Waals surface area contributed by atoms with E-state index in [1.807, 2.05) is 29.7 Å². The van der Waals surface area contributed by atoms with E-state index in [4.69, 9.17) is 52.9 Å². The summed E-state index contributed by atoms with van der Waals surface area (Å²) >= 11 is 0. The number of nitrogen functional groups attached to an aromatic ring is 5. The lowest BCUT2D eigenvalue weighted by atomic mass is 10.1. The van der Waals surface area contributed by atoms with Crippen LogP contribution in [0.3, 0.4) is 0 Å². The Morgan fingerprint density at radius 1 is 0.349 bits per heavy atom. The first-order chi connectivity index (χ1) is 59.8. The van der Waals surface area contributed by atoms with Gasteiger partial charge in [0.05, 0.1) is 63.4 Å². The quantitative estimate of drug-likeness (QED) is 0.0122. The maximum atomic E-state index is 14.6. The van der Waals surface area contributed by atoms with E-state index in [2.05, 4.69) is 52.2 Å². The van der Waals surface area contributed by atoms with Crippen molar-refractivity contribution in [1.82, 2.24) is 15.0 Å². The van der Waals surface area contributed by atoms with E-state index in [0.29, 0.717) is 82.9 Å². The number of nitrogens with zero attached hydrogens (tertiary/aromatic N) is 4. The van der Waals surface area contributed by atoms with Crippen molar-refractivity contribution in [2.24, 2.45) is 0 Å². The van der Waals surface area contributed by atoms with E-state index in [1.54, 1.807) is 84.0 Å². The molecule has 0 saturated heterocycles. The van der Waals surface area contributed by atoms with E-state index < -0.39 is 145 Å². The van der Waals surface area contributed by atoms with Gasteiger partial charge < -0.3 is 74.2 Å². The lowest BCUT2D eigenvalue weighted by Crippen LogP contribution is -2.19. The van der Waals surface area contributed by atoms with Gasteiger partial charge in [0.1, 0.15) is 87.9 Å². The molecule has 26 nitrogen and oxygen atoms in total. The second-order valence-electron chi connectivity index (χ2n) is 29.5. The van der Waals surface area contributed by atoms with E-state index >= 15 is 0 Å². The molecule has 40 heteroatoms. The number of anilines is 14. The maximum Gasteiger partial charge on any atom is 0.412 e. The molecule has 4 saturated carbocycles. The monoisotopic (exact) mass is 1760 g/mol. The molecule has 3 heterocycles. The maximum absolute atomic E-state index is 14.6. The second-order valence-corrected chi connectivity index (χ2v) is 29.5. The van der Waals surface area contributed by atoms with Crippen LogP contribution in [0.1, 0.15) is 124 Å². The van der Waals surface area contributed by atoms with Crippen molar-refractivity contribution in [3.8, 4) is 6.07 Å². The minimum atomic E-state index is -1.61. The van der Waals surface area contributed by atoms with E-state index in [9.17, 15) is 80.6 Å². The zero-order valence-corrected chi connectivity index (χ0v) is 68.5. The summed E-state index contributed by atoms with van der Waals surface area (Å²) in [5.74, 6) is -14.3. The molecule has 4 fully saturated rings. The Balaban J connectivity index is 0.000000165. The van der Waals surface area contributed by atoms with Crippen LogP contribution in [-0.2, 0) is 51.7 Å². The van der Waals surface area contributed by atoms with Gasteiger partial charge in [-0.25, -0.2) is 85.6 Å². The summed E-state index contributed by atoms with van der Waals surface area (Å²) in [6, 6.07) is 23.0. The van der Waals surface area contributed by atoms with Crippen LogP contribution in [0.4, 0.5) is 160 Å². The SMILES string of the molecule is Cc1cc(F)c(CNc2c(F)c(N)c(NC(=O)OC3CC3)c(F)c2F)cn1.Cc1cc(F)c(CNc2c(F)cc(NC(=O)OC3CC3)c(N)c2F)cn1.Cc1ccc(CNc2c(C)cc(NC(=O)OC3CC3)c(N)c2F)c(F)c1.Cc1ccc(CNc2c(F)c(N)c(NC(=O)OC3CC3)c(F)c2F)c(F)c1.Cc1ccc(CNc2ccc(C)c(N)c2F)nc1C#N. The number of pyridine rings is 3. The van der Waals surface area contributed by atoms with Gasteiger partial charge in [-0.15, -0.1) is 0 Å². The molecule has 0 unspecified atom stereocenters. The molecule has 4 aliphatic rings. The zero-order chi connectivity index (χ0) is 91.8. The number of aryl methyl sites for hydroxylation is 7. The normalized spacial score (nSPS) is 12.9. The number of hydrogen-bond acceptors (Lipinski definition) is 22. The van der Waals surface area contributed by atoms with Gasteiger partial charge in [0, 0.05) is 78.3 Å². The Morgan fingerprint density at radius 2 is 0.714 bits per heavy atom. The number of carbonyl (C=O) groups is 4. The van der Waals surface area contributed by atoms with Gasteiger partial charge >= 0.3 is 24.4 Å². The molecule has 14 rings (SSSR count). The molecular weight excluding hydrogens is 1680 g/mol. The zero-order valence-electron chi connectivity index (χ0n) is 68.5. The van der Waals surface area contributed by atoms with E-state index in [-0.39, 0.29) is 102 Å². The Labute approximate surface area is 712 Å². The summed E-state index contributed by atoms with van der Waals surface area (Å²) in [4.78, 5) is 58.5. The molecule has 0 bridgehead atoms. The molecule has 0 spiro atoms. The van der Waals surface area contributed by atoms with Crippen LogP contribution in [0, 0.1) is 141 Å². The first kappa shape index (κ1) is 93.8. The number of carbonyl (C=O) groups excluding carboxylic acids is 4. The molecule has 126 heavy (non-hydrogen) atoms. The standard InChI is InChI=1S/C19H21F2N3O2.C18H17F4N3O2.C17H16F4N4O2.C17H17F3N4O2.C15H15FN4/c1-10-3-4-12(14(20)7-10)9-23-18-11(2)8-15(17(22)16(18)21)24-19(25)26-13-5-6-13;1-8-2-3-9(11(19)6-8)7-24-16-12(20)13(21)17(15(23)14(16)22)25-18(26)27-10-4-5-10;1-7-4-10(18)8(5-23-7)6-24-15-11(19)12(20)16(14(22)13(15)21)25-17(26)27-9-2-3-9;1-8-4-11(18)9(6-22-8)7-23-16-12(19)5-13(15(21)14(16)20)24-17(25)26-10-2-3-10;1-9-3-5-11(20-13(9)7-17)8-19-12-6-4-10(2)15(18)14(12)16/h3-4,7-8,13,23H,5-6,9,22H2,1-2H3,(H,24,25);2-3,6,10,24H,4-5,7,23H2,1H3,(H,25,26);4-5,9,24H,2-3,6,22H2,1H3,(H,25,26);4-6,10,23H,2-3,7,21H2,1H3,(H,24,25);3-6,19H,8,18H2,1-2H3. The third-order valence-electron chi connectivity index (χ3n) is 19.1. The molecule has 0 atom stereocenters. The van der Waals surface area contributed by atoms with Crippen LogP contribution < -0.4 is 76.5 Å². The van der Waals surface area contributed by atoms with E-state index in [0.717, 1.165) is 48.9 Å². The molecule has 666 valence electrons. The van der Waals surface area contributed by atoms with Gasteiger partial charge in [-0.1, -0.05) is 36.4 Å². The average Bonchev–Trinajstić information content (AvgIpc) is 1.50. The van der Waals surface area contributed by atoms with Crippen molar-refractivity contribution in [1.29, 1.82) is 5.26 Å². The molecule has 0 radical (unpaired) electrons. The predicted octanol–water partition coefficient (Wildman–Crippen LogP) is 19.4. The molecular formula is C86H86F14N18O8. The molecule has 10 aromatic rings. The predicted molar refractivity (Wildman–Crippen MR) is 446 cm³/mol. The van der Waals surface area contributed by atoms with Crippen molar-refractivity contribution < 1.29 is 99.6 Å². The molecule has 7 aromatic carbocycles. The largest absolute Gasteiger partial charge is 0.446 e. The molecule has 4 aliphatic carbocycles. The minimum Gasteiger partial charge on any atom is -0.446 e. The van der Waals surface area contributed by atoms with Crippen molar-refractivity contribution in [3.05, 3.63) is 252 Å². The highest BCUT2D eigenvalue weighted by Crippen LogP contribution is 2.40. The Morgan fingerprint density at radius 3 is 1.13 bits per heavy atom. The van der Waals surface area contributed by atoms with Gasteiger partial charge in [0.2, 0.25) is 0 Å². The average molecular weight is 1770 g/mol. The third kappa shape index (κ3) is 25.2. The van der Waals surface area contributed by atoms with Crippen LogP contribution in [-0.4, -0.2) is 63.7 Å². The van der Waals surface area contributed by atoms with Crippen molar-refractivity contribution in [2.75, 3.05) is 76.5 Å². The van der Waals surface area contributed by atoms with Gasteiger partial charge in [-0.3, -0.25) is 31.2 Å². The van der Waals surface area contributed by atoms with Crippen LogP contribution in [0.25, 0.3) is 0 Å². The fourth-order valence-electron chi connectivity index (χ4n) is 11.3. The summed E-state index contributed by atoms with van der Waals surface area (Å²) in [5.41, 5.74) is 28.6. The number of nitrogens with one attached hydrogen (secondary N) is 9. The second kappa shape index (κ2) is 41.6. The summed E-state index contributed by atoms with van der Waals surface area (Å²) in [5, 5.41) is 30.3. The number of aromatic nitrogens is 3. The topological polar surface area (TPSA) is 406 Å². The molecule has 19 N–H and O–H groups in total. The van der Waals surface area contributed by atoms with Gasteiger partial charge in [-0.05, 0) is 170 Å². The van der Waals surface area contributed by atoms with E-state index in [1.165, 1.54) is 36.7 Å². The number of ether oxygens (including phenoxy) is 4. The van der Waals surface area contributed by atoms with Gasteiger partial charge in [0.15, 0.2) is 58.2 Å². The first-order valence-electron chi connectivity index (χ1n) is 38.8. The summed E-state index contributed by atoms with van der Waals surface area (Å²) in [7, 11) is 0. The number of benzene rings is 7. The number of nitriles is 1. The van der Waals surface area contributed by atoms with Gasteiger partial charge in [-0.2, -0.15) is 5.26 Å². The lowest BCUT2D eigenvalue weighted by Gasteiger charge is -2.16. The molecule has 3 aromatic heterocycles. The lowest BCUT2D eigenvalue weighted by molar-refractivity contribution is 0.153. The number of nitrogens with two attached hydrogens (primary N) is 5. The van der Waals surface area contributed by atoms with Crippen LogP contribution in [0.15, 0.2) is 97.3 Å². The Hall–Kier alpha value is -14.4. The van der Waals surface area contributed by atoms with Crippen LogP contribution >= 0.6 is 0 Å². The highest BCUT2D eigenvalue weighted by molar-refractivity contribution is 5.93. The van der Waals surface area contributed by atoms with Crippen molar-refractivity contribution in [3.63, 3.8) is 0 Å². The highest BCUT2D eigenvalue weighted by Gasteiger charge is 2.34. The van der Waals surface area contributed by atoms with Gasteiger partial charge in [0.25, 0.3) is 0 Å². The number of hydrogen-bond donors (Lipinski definition) is 14. The molecule has 4 amide bonds. The highest BCUT2D eigenvalue weighted by atomic mass is 19.2. The fraction of sp³-hybridized carbons (Fsp3) is 0.279. The number of rotatable bonds is 23. The van der Waals surface area contributed by atoms with Crippen molar-refractivity contribution >= 4 is 104 Å². The number of amides is 4. The Bertz CT molecular complexity index is 5470. The Kier molecular flexibility index (Phi) is 31.0. The number of halogens is 14. The summed E-state index contributed by atoms with van der Waals surface area (Å²) in [6.07, 6.45) is 3.97. The smallest absolute Gasteiger partial charge is 0.412 e.